The Morgan fingerprint density at radius 1 is 1.47 bits per heavy atom. The Hall–Kier alpha value is -1.07. The summed E-state index contributed by atoms with van der Waals surface area (Å²) in [6.45, 7) is 3.02. The number of carbonyl (C=O) groups is 1. The molecule has 0 radical (unpaired) electrons. The van der Waals surface area contributed by atoms with Crippen LogP contribution in [0.5, 0.6) is 0 Å². The van der Waals surface area contributed by atoms with E-state index in [9.17, 15) is 4.79 Å². The van der Waals surface area contributed by atoms with Gasteiger partial charge in [-0.1, -0.05) is 22.9 Å². The number of anilines is 2. The first-order valence-corrected chi connectivity index (χ1v) is 7.29. The molecule has 1 aromatic carbocycles. The maximum Gasteiger partial charge on any atom is 0.241 e. The van der Waals surface area contributed by atoms with Crippen molar-refractivity contribution in [2.45, 2.75) is 19.4 Å². The maximum atomic E-state index is 12.3. The summed E-state index contributed by atoms with van der Waals surface area (Å²) in [5, 5.41) is 6.28. The molecule has 1 amide bonds. The molecule has 0 aliphatic carbocycles. The molecular formula is C14H20BrN3O. The Labute approximate surface area is 122 Å². The van der Waals surface area contributed by atoms with Crippen LogP contribution >= 0.6 is 15.9 Å². The molecule has 4 nitrogen and oxygen atoms in total. The molecule has 0 aromatic heterocycles. The van der Waals surface area contributed by atoms with E-state index in [0.717, 1.165) is 28.8 Å². The topological polar surface area (TPSA) is 44.4 Å². The van der Waals surface area contributed by atoms with Gasteiger partial charge in [0.1, 0.15) is 0 Å². The molecule has 0 bridgehead atoms. The maximum absolute atomic E-state index is 12.3. The van der Waals surface area contributed by atoms with Crippen LogP contribution in [-0.4, -0.2) is 32.6 Å². The average Bonchev–Trinajstić information content (AvgIpc) is 2.75. The second kappa shape index (κ2) is 5.92. The Morgan fingerprint density at radius 2 is 2.21 bits per heavy atom. The van der Waals surface area contributed by atoms with Crippen molar-refractivity contribution in [3.8, 4) is 0 Å². The zero-order chi connectivity index (χ0) is 14.0. The highest BCUT2D eigenvalue weighted by molar-refractivity contribution is 9.10. The third kappa shape index (κ3) is 3.28. The monoisotopic (exact) mass is 325 g/mol. The Morgan fingerprint density at radius 3 is 2.79 bits per heavy atom. The summed E-state index contributed by atoms with van der Waals surface area (Å²) in [6.07, 6.45) is 1.05. The molecule has 1 fully saturated rings. The summed E-state index contributed by atoms with van der Waals surface area (Å²) >= 11 is 3.45. The van der Waals surface area contributed by atoms with Crippen LogP contribution in [0.3, 0.4) is 0 Å². The lowest BCUT2D eigenvalue weighted by Crippen LogP contribution is -2.39. The second-order valence-corrected chi connectivity index (χ2v) is 6.16. The van der Waals surface area contributed by atoms with Crippen LogP contribution in [0.25, 0.3) is 0 Å². The number of nitrogens with zero attached hydrogens (tertiary/aromatic N) is 1. The average molecular weight is 326 g/mol. The van der Waals surface area contributed by atoms with Crippen LogP contribution in [0.2, 0.25) is 0 Å². The van der Waals surface area contributed by atoms with Gasteiger partial charge in [0, 0.05) is 18.6 Å². The normalized spacial score (nSPS) is 22.3. The molecular weight excluding hydrogens is 306 g/mol. The van der Waals surface area contributed by atoms with Crippen molar-refractivity contribution in [3.63, 3.8) is 0 Å². The number of halogens is 1. The number of rotatable bonds is 3. The van der Waals surface area contributed by atoms with Gasteiger partial charge in [-0.25, -0.2) is 0 Å². The summed E-state index contributed by atoms with van der Waals surface area (Å²) in [7, 11) is 3.94. The molecule has 1 saturated heterocycles. The molecule has 0 saturated carbocycles. The number of benzene rings is 1. The van der Waals surface area contributed by atoms with E-state index in [2.05, 4.69) is 33.5 Å². The van der Waals surface area contributed by atoms with Gasteiger partial charge in [0.25, 0.3) is 0 Å². The van der Waals surface area contributed by atoms with Crippen LogP contribution in [0.15, 0.2) is 22.7 Å². The van der Waals surface area contributed by atoms with Crippen molar-refractivity contribution >= 4 is 33.2 Å². The minimum atomic E-state index is -0.0889. The van der Waals surface area contributed by atoms with Gasteiger partial charge in [0.15, 0.2) is 0 Å². The largest absolute Gasteiger partial charge is 0.376 e. The smallest absolute Gasteiger partial charge is 0.241 e. The lowest BCUT2D eigenvalue weighted by atomic mass is 10.0. The zero-order valence-electron chi connectivity index (χ0n) is 11.5. The third-order valence-electron chi connectivity index (χ3n) is 3.51. The van der Waals surface area contributed by atoms with E-state index in [1.807, 2.05) is 37.2 Å². The second-order valence-electron chi connectivity index (χ2n) is 5.24. The number of nitrogens with one attached hydrogen (secondary N) is 2. The van der Waals surface area contributed by atoms with E-state index >= 15 is 0 Å². The first kappa shape index (κ1) is 14.3. The number of hydrogen-bond donors (Lipinski definition) is 2. The van der Waals surface area contributed by atoms with Gasteiger partial charge in [-0.2, -0.15) is 0 Å². The molecule has 19 heavy (non-hydrogen) atoms. The fourth-order valence-corrected chi connectivity index (χ4v) is 2.76. The van der Waals surface area contributed by atoms with Gasteiger partial charge in [-0.3, -0.25) is 4.79 Å². The lowest BCUT2D eigenvalue weighted by molar-refractivity contribution is -0.118. The molecule has 1 aromatic rings. The summed E-state index contributed by atoms with van der Waals surface area (Å²) < 4.78 is 0.959. The first-order chi connectivity index (χ1) is 8.99. The highest BCUT2D eigenvalue weighted by Gasteiger charge is 2.29. The van der Waals surface area contributed by atoms with Crippen LogP contribution in [0.4, 0.5) is 11.4 Å². The quantitative estimate of drug-likeness (QED) is 0.897. The van der Waals surface area contributed by atoms with Gasteiger partial charge in [0.2, 0.25) is 5.91 Å². The summed E-state index contributed by atoms with van der Waals surface area (Å²) in [6, 6.07) is 5.81. The molecule has 2 unspecified atom stereocenters. The summed E-state index contributed by atoms with van der Waals surface area (Å²) in [4.78, 5) is 14.3. The Kier molecular flexibility index (Phi) is 4.47. The highest BCUT2D eigenvalue weighted by Crippen LogP contribution is 2.28. The standard InChI is InChI=1S/C14H20BrN3O/c1-9-6-7-16-13(9)14(19)17-11-8-10(15)4-5-12(11)18(2)3/h4-5,8-9,13,16H,6-7H2,1-3H3,(H,17,19). The van der Waals surface area contributed by atoms with Crippen LogP contribution in [0.1, 0.15) is 13.3 Å². The molecule has 0 spiro atoms. The Balaban J connectivity index is 2.18. The van der Waals surface area contributed by atoms with Gasteiger partial charge in [-0.05, 0) is 37.1 Å². The van der Waals surface area contributed by atoms with Crippen LogP contribution in [0, 0.1) is 5.92 Å². The van der Waals surface area contributed by atoms with Crippen molar-refractivity contribution in [1.29, 1.82) is 0 Å². The lowest BCUT2D eigenvalue weighted by Gasteiger charge is -2.21. The van der Waals surface area contributed by atoms with Crippen LogP contribution in [-0.2, 0) is 4.79 Å². The van der Waals surface area contributed by atoms with Crippen LogP contribution < -0.4 is 15.5 Å². The van der Waals surface area contributed by atoms with E-state index in [0.29, 0.717) is 5.92 Å². The van der Waals surface area contributed by atoms with Crippen molar-refractivity contribution in [3.05, 3.63) is 22.7 Å². The fourth-order valence-electron chi connectivity index (χ4n) is 2.39. The fraction of sp³-hybridized carbons (Fsp3) is 0.500. The van der Waals surface area contributed by atoms with Gasteiger partial charge in [-0.15, -0.1) is 0 Å². The van der Waals surface area contributed by atoms with Crippen molar-refractivity contribution in [1.82, 2.24) is 5.32 Å². The predicted octanol–water partition coefficient (Wildman–Crippen LogP) is 2.45. The minimum absolute atomic E-state index is 0.0474. The minimum Gasteiger partial charge on any atom is -0.376 e. The zero-order valence-corrected chi connectivity index (χ0v) is 13.1. The van der Waals surface area contributed by atoms with Crippen molar-refractivity contribution in [2.24, 2.45) is 5.92 Å². The molecule has 2 atom stereocenters. The number of carbonyl (C=O) groups excluding carboxylic acids is 1. The van der Waals surface area contributed by atoms with E-state index < -0.39 is 0 Å². The van der Waals surface area contributed by atoms with E-state index in [1.54, 1.807) is 0 Å². The van der Waals surface area contributed by atoms with E-state index in [1.165, 1.54) is 0 Å². The predicted molar refractivity (Wildman–Crippen MR) is 82.7 cm³/mol. The SMILES string of the molecule is CC1CCNC1C(=O)Nc1cc(Br)ccc1N(C)C. The number of hydrogen-bond acceptors (Lipinski definition) is 3. The van der Waals surface area contributed by atoms with Gasteiger partial charge < -0.3 is 15.5 Å². The van der Waals surface area contributed by atoms with E-state index in [-0.39, 0.29) is 11.9 Å². The molecule has 2 N–H and O–H groups in total. The highest BCUT2D eigenvalue weighted by atomic mass is 79.9. The molecule has 104 valence electrons. The molecule has 1 aliphatic rings. The summed E-state index contributed by atoms with van der Waals surface area (Å²) in [5.41, 5.74) is 1.84. The van der Waals surface area contributed by atoms with Gasteiger partial charge in [0.05, 0.1) is 17.4 Å². The van der Waals surface area contributed by atoms with E-state index in [4.69, 9.17) is 0 Å². The van der Waals surface area contributed by atoms with Crippen molar-refractivity contribution < 1.29 is 4.79 Å². The first-order valence-electron chi connectivity index (χ1n) is 6.50. The third-order valence-corrected chi connectivity index (χ3v) is 4.01. The van der Waals surface area contributed by atoms with Crippen molar-refractivity contribution in [2.75, 3.05) is 30.9 Å². The molecule has 2 rings (SSSR count). The van der Waals surface area contributed by atoms with Gasteiger partial charge >= 0.3 is 0 Å². The molecule has 1 heterocycles. The molecule has 5 heteroatoms. The Bertz CT molecular complexity index is 476. The number of amides is 1. The summed E-state index contributed by atoms with van der Waals surface area (Å²) in [5.74, 6) is 0.432. The molecule has 1 aliphatic heterocycles.